The number of rotatable bonds is 4. The van der Waals surface area contributed by atoms with Crippen molar-refractivity contribution in [2.24, 2.45) is 11.8 Å². The molecule has 1 fully saturated rings. The fourth-order valence-electron chi connectivity index (χ4n) is 3.72. The fraction of sp³-hybridized carbons (Fsp3) is 0.579. The number of hydrogen-bond donors (Lipinski definition) is 1. The van der Waals surface area contributed by atoms with Crippen LogP contribution in [-0.2, 0) is 0 Å². The summed E-state index contributed by atoms with van der Waals surface area (Å²) in [4.78, 5) is 0. The van der Waals surface area contributed by atoms with Crippen LogP contribution < -0.4 is 5.32 Å². The average molecular weight is 285 g/mol. The minimum atomic E-state index is 0.284. The third kappa shape index (κ3) is 3.01. The highest BCUT2D eigenvalue weighted by atomic mass is 16.3. The van der Waals surface area contributed by atoms with Gasteiger partial charge < -0.3 is 9.73 Å². The molecule has 0 aliphatic heterocycles. The summed E-state index contributed by atoms with van der Waals surface area (Å²) in [5.41, 5.74) is 2.28. The van der Waals surface area contributed by atoms with Crippen molar-refractivity contribution in [1.29, 1.82) is 0 Å². The van der Waals surface area contributed by atoms with Crippen LogP contribution in [0.2, 0.25) is 0 Å². The van der Waals surface area contributed by atoms with Crippen molar-refractivity contribution in [1.82, 2.24) is 5.32 Å². The number of hydrogen-bond acceptors (Lipinski definition) is 2. The van der Waals surface area contributed by atoms with Gasteiger partial charge >= 0.3 is 0 Å². The van der Waals surface area contributed by atoms with E-state index in [0.29, 0.717) is 0 Å². The van der Waals surface area contributed by atoms with E-state index in [1.165, 1.54) is 36.6 Å². The van der Waals surface area contributed by atoms with Crippen molar-refractivity contribution in [2.75, 3.05) is 6.54 Å². The smallest absolute Gasteiger partial charge is 0.134 e. The molecule has 114 valence electrons. The van der Waals surface area contributed by atoms with E-state index < -0.39 is 0 Å². The molecule has 1 aliphatic rings. The molecule has 1 aliphatic carbocycles. The van der Waals surface area contributed by atoms with E-state index in [1.807, 2.05) is 6.07 Å². The molecular formula is C19H27NO. The molecule has 0 bridgehead atoms. The van der Waals surface area contributed by atoms with Gasteiger partial charge in [-0.3, -0.25) is 0 Å². The zero-order valence-electron chi connectivity index (χ0n) is 13.5. The lowest BCUT2D eigenvalue weighted by Crippen LogP contribution is -2.31. The van der Waals surface area contributed by atoms with Crippen molar-refractivity contribution >= 4 is 11.0 Å². The van der Waals surface area contributed by atoms with Crippen LogP contribution in [0.3, 0.4) is 0 Å². The molecule has 1 aromatic carbocycles. The third-order valence-corrected chi connectivity index (χ3v) is 5.25. The number of fused-ring (bicyclic) bond motifs is 1. The van der Waals surface area contributed by atoms with Gasteiger partial charge in [-0.05, 0) is 50.3 Å². The van der Waals surface area contributed by atoms with Gasteiger partial charge in [-0.2, -0.15) is 0 Å². The Labute approximate surface area is 127 Å². The van der Waals surface area contributed by atoms with Crippen molar-refractivity contribution in [2.45, 2.75) is 52.5 Å². The number of aryl methyl sites for hydroxylation is 1. The summed E-state index contributed by atoms with van der Waals surface area (Å²) in [6.45, 7) is 7.90. The maximum absolute atomic E-state index is 6.06. The lowest BCUT2D eigenvalue weighted by atomic mass is 9.80. The van der Waals surface area contributed by atoms with Crippen LogP contribution in [0, 0.1) is 18.8 Å². The highest BCUT2D eigenvalue weighted by Crippen LogP contribution is 2.31. The van der Waals surface area contributed by atoms with Crippen LogP contribution in [0.4, 0.5) is 0 Å². The monoisotopic (exact) mass is 285 g/mol. The molecule has 1 aromatic heterocycles. The summed E-state index contributed by atoms with van der Waals surface area (Å²) < 4.78 is 6.06. The van der Waals surface area contributed by atoms with Crippen molar-refractivity contribution < 1.29 is 4.42 Å². The van der Waals surface area contributed by atoms with Crippen LogP contribution in [0.25, 0.3) is 11.0 Å². The lowest BCUT2D eigenvalue weighted by Gasteiger charge is -2.29. The SMILES string of the molecule is Cc1c(C(C)NCC2CCCCC2C)oc2ccccc12. The van der Waals surface area contributed by atoms with E-state index in [9.17, 15) is 0 Å². The van der Waals surface area contributed by atoms with Gasteiger partial charge in [0.2, 0.25) is 0 Å². The van der Waals surface area contributed by atoms with E-state index in [1.54, 1.807) is 0 Å². The van der Waals surface area contributed by atoms with Gasteiger partial charge in [0.1, 0.15) is 11.3 Å². The normalized spacial score (nSPS) is 24.3. The highest BCUT2D eigenvalue weighted by molar-refractivity contribution is 5.82. The van der Waals surface area contributed by atoms with Gasteiger partial charge in [0.15, 0.2) is 0 Å². The van der Waals surface area contributed by atoms with E-state index >= 15 is 0 Å². The molecule has 0 spiro atoms. The topological polar surface area (TPSA) is 25.2 Å². The predicted octanol–water partition coefficient (Wildman–Crippen LogP) is 5.22. The predicted molar refractivity (Wildman–Crippen MR) is 88.5 cm³/mol. The Morgan fingerprint density at radius 2 is 2.00 bits per heavy atom. The number of para-hydroxylation sites is 1. The van der Waals surface area contributed by atoms with Gasteiger partial charge in [-0.1, -0.05) is 44.4 Å². The molecule has 21 heavy (non-hydrogen) atoms. The first-order chi connectivity index (χ1) is 10.2. The molecule has 3 unspecified atom stereocenters. The minimum absolute atomic E-state index is 0.284. The molecule has 1 N–H and O–H groups in total. The second-order valence-electron chi connectivity index (χ2n) is 6.74. The Bertz CT molecular complexity index is 601. The Kier molecular flexibility index (Phi) is 4.34. The largest absolute Gasteiger partial charge is 0.459 e. The molecule has 2 aromatic rings. The van der Waals surface area contributed by atoms with E-state index in [4.69, 9.17) is 4.42 Å². The molecule has 1 heterocycles. The van der Waals surface area contributed by atoms with E-state index in [0.717, 1.165) is 29.7 Å². The first-order valence-corrected chi connectivity index (χ1v) is 8.38. The zero-order valence-corrected chi connectivity index (χ0v) is 13.5. The van der Waals surface area contributed by atoms with Crippen molar-refractivity contribution in [3.05, 3.63) is 35.6 Å². The maximum atomic E-state index is 6.06. The molecule has 1 saturated carbocycles. The molecule has 2 nitrogen and oxygen atoms in total. The molecule has 0 saturated heterocycles. The number of furan rings is 1. The number of benzene rings is 1. The van der Waals surface area contributed by atoms with Gasteiger partial charge in [0, 0.05) is 5.39 Å². The van der Waals surface area contributed by atoms with E-state index in [2.05, 4.69) is 44.3 Å². The maximum Gasteiger partial charge on any atom is 0.134 e. The number of nitrogens with one attached hydrogen (secondary N) is 1. The molecular weight excluding hydrogens is 258 g/mol. The Balaban J connectivity index is 1.69. The van der Waals surface area contributed by atoms with Gasteiger partial charge in [-0.15, -0.1) is 0 Å². The first-order valence-electron chi connectivity index (χ1n) is 8.38. The first kappa shape index (κ1) is 14.6. The van der Waals surface area contributed by atoms with Crippen LogP contribution in [-0.4, -0.2) is 6.54 Å². The van der Waals surface area contributed by atoms with Crippen LogP contribution in [0.1, 0.15) is 56.9 Å². The van der Waals surface area contributed by atoms with Crippen LogP contribution in [0.15, 0.2) is 28.7 Å². The Hall–Kier alpha value is -1.28. The highest BCUT2D eigenvalue weighted by Gasteiger charge is 2.23. The fourth-order valence-corrected chi connectivity index (χ4v) is 3.72. The van der Waals surface area contributed by atoms with Gasteiger partial charge in [0.05, 0.1) is 6.04 Å². The minimum Gasteiger partial charge on any atom is -0.459 e. The van der Waals surface area contributed by atoms with Crippen molar-refractivity contribution in [3.8, 4) is 0 Å². The standard InChI is InChI=1S/C19H27NO/c1-13-8-4-5-9-16(13)12-20-15(3)19-14(2)17-10-6-7-11-18(17)21-19/h6-7,10-11,13,15-16,20H,4-5,8-9,12H2,1-3H3. The third-order valence-electron chi connectivity index (χ3n) is 5.25. The molecule has 3 atom stereocenters. The molecule has 0 radical (unpaired) electrons. The summed E-state index contributed by atoms with van der Waals surface area (Å²) in [7, 11) is 0. The summed E-state index contributed by atoms with van der Waals surface area (Å²) in [6, 6.07) is 8.61. The lowest BCUT2D eigenvalue weighted by molar-refractivity contribution is 0.239. The van der Waals surface area contributed by atoms with Crippen LogP contribution in [0.5, 0.6) is 0 Å². The molecule has 2 heteroatoms. The average Bonchev–Trinajstić information content (AvgIpc) is 2.84. The summed E-state index contributed by atoms with van der Waals surface area (Å²) >= 11 is 0. The molecule has 3 rings (SSSR count). The summed E-state index contributed by atoms with van der Waals surface area (Å²) in [5.74, 6) is 2.78. The van der Waals surface area contributed by atoms with Crippen LogP contribution >= 0.6 is 0 Å². The second-order valence-corrected chi connectivity index (χ2v) is 6.74. The van der Waals surface area contributed by atoms with Crippen molar-refractivity contribution in [3.63, 3.8) is 0 Å². The quantitative estimate of drug-likeness (QED) is 0.833. The Morgan fingerprint density at radius 1 is 1.24 bits per heavy atom. The Morgan fingerprint density at radius 3 is 2.76 bits per heavy atom. The van der Waals surface area contributed by atoms with Gasteiger partial charge in [0.25, 0.3) is 0 Å². The van der Waals surface area contributed by atoms with Gasteiger partial charge in [-0.25, -0.2) is 0 Å². The molecule has 0 amide bonds. The van der Waals surface area contributed by atoms with E-state index in [-0.39, 0.29) is 6.04 Å². The summed E-state index contributed by atoms with van der Waals surface area (Å²) in [5, 5.41) is 4.95. The second kappa shape index (κ2) is 6.23. The zero-order chi connectivity index (χ0) is 14.8. The summed E-state index contributed by atoms with van der Waals surface area (Å²) in [6.07, 6.45) is 5.58.